The van der Waals surface area contributed by atoms with Gasteiger partial charge in [0.05, 0.1) is 12.6 Å². The summed E-state index contributed by atoms with van der Waals surface area (Å²) in [6, 6.07) is 10.3. The lowest BCUT2D eigenvalue weighted by atomic mass is 9.74. The van der Waals surface area contributed by atoms with Crippen LogP contribution in [0.2, 0.25) is 0 Å². The van der Waals surface area contributed by atoms with Gasteiger partial charge in [-0.15, -0.1) is 0 Å². The summed E-state index contributed by atoms with van der Waals surface area (Å²) in [6.07, 6.45) is 3.67. The van der Waals surface area contributed by atoms with E-state index in [0.717, 1.165) is 70.0 Å². The first-order valence-electron chi connectivity index (χ1n) is 11.2. The summed E-state index contributed by atoms with van der Waals surface area (Å²) in [5, 5.41) is 3.19. The lowest BCUT2D eigenvalue weighted by Gasteiger charge is -2.38. The van der Waals surface area contributed by atoms with Crippen LogP contribution in [0.25, 0.3) is 0 Å². The number of ether oxygens (including phenoxy) is 1. The third-order valence-corrected chi connectivity index (χ3v) is 7.72. The predicted octanol–water partition coefficient (Wildman–Crippen LogP) is 1.89. The Labute approximate surface area is 183 Å². The van der Waals surface area contributed by atoms with Crippen LogP contribution in [0, 0.1) is 0 Å². The van der Waals surface area contributed by atoms with Crippen molar-refractivity contribution in [1.82, 2.24) is 15.1 Å². The fourth-order valence-corrected chi connectivity index (χ4v) is 5.82. The molecule has 2 amide bonds. The van der Waals surface area contributed by atoms with Crippen LogP contribution in [0.4, 0.5) is 0 Å². The Bertz CT molecular complexity index is 718. The van der Waals surface area contributed by atoms with Gasteiger partial charge in [-0.1, -0.05) is 30.3 Å². The van der Waals surface area contributed by atoms with Gasteiger partial charge in [0.25, 0.3) is 0 Å². The molecule has 164 valence electrons. The van der Waals surface area contributed by atoms with Gasteiger partial charge < -0.3 is 15.0 Å². The molecule has 6 nitrogen and oxygen atoms in total. The number of carbonyl (C=O) groups excluding carboxylic acids is 2. The van der Waals surface area contributed by atoms with Gasteiger partial charge >= 0.3 is 0 Å². The SMILES string of the molecule is O=C(CN1CCCC1C(=O)N1CCSCC1)NCC1(c2ccccc2)CCOCC1. The van der Waals surface area contributed by atoms with E-state index in [1.165, 1.54) is 5.56 Å². The van der Waals surface area contributed by atoms with Crippen LogP contribution in [0.15, 0.2) is 30.3 Å². The highest BCUT2D eigenvalue weighted by Gasteiger charge is 2.37. The van der Waals surface area contributed by atoms with Gasteiger partial charge in [-0.2, -0.15) is 11.8 Å². The summed E-state index contributed by atoms with van der Waals surface area (Å²) in [5.74, 6) is 2.27. The number of rotatable bonds is 6. The summed E-state index contributed by atoms with van der Waals surface area (Å²) in [5.41, 5.74) is 1.20. The minimum atomic E-state index is -0.134. The maximum Gasteiger partial charge on any atom is 0.239 e. The Morgan fingerprint density at radius 3 is 2.57 bits per heavy atom. The van der Waals surface area contributed by atoms with Crippen LogP contribution >= 0.6 is 11.8 Å². The van der Waals surface area contributed by atoms with Gasteiger partial charge in [0.2, 0.25) is 11.8 Å². The van der Waals surface area contributed by atoms with Gasteiger partial charge in [0.1, 0.15) is 0 Å². The minimum absolute atomic E-state index is 0.0192. The molecule has 7 heteroatoms. The van der Waals surface area contributed by atoms with Gasteiger partial charge in [-0.3, -0.25) is 14.5 Å². The standard InChI is InChI=1S/C23H33N3O3S/c27-21(17-26-10-4-7-20(26)22(28)25-11-15-30-16-12-25)24-18-23(8-13-29-14-9-23)19-5-2-1-3-6-19/h1-3,5-6,20H,4,7-18H2,(H,24,27). The fraction of sp³-hybridized carbons (Fsp3) is 0.652. The number of nitrogens with one attached hydrogen (secondary N) is 1. The number of benzene rings is 1. The highest BCUT2D eigenvalue weighted by molar-refractivity contribution is 7.99. The van der Waals surface area contributed by atoms with Crippen LogP contribution in [-0.2, 0) is 19.7 Å². The molecule has 1 N–H and O–H groups in total. The number of hydrogen-bond donors (Lipinski definition) is 1. The first kappa shape index (κ1) is 21.7. The molecule has 1 atom stereocenters. The summed E-state index contributed by atoms with van der Waals surface area (Å²) >= 11 is 1.91. The number of amides is 2. The Morgan fingerprint density at radius 2 is 1.83 bits per heavy atom. The van der Waals surface area contributed by atoms with E-state index in [2.05, 4.69) is 34.5 Å². The molecule has 0 aromatic heterocycles. The highest BCUT2D eigenvalue weighted by Crippen LogP contribution is 2.34. The van der Waals surface area contributed by atoms with Crippen molar-refractivity contribution in [2.24, 2.45) is 0 Å². The summed E-state index contributed by atoms with van der Waals surface area (Å²) in [4.78, 5) is 29.9. The zero-order valence-corrected chi connectivity index (χ0v) is 18.5. The normalized spacial score (nSPS) is 24.5. The molecule has 1 unspecified atom stereocenters. The molecule has 3 aliphatic heterocycles. The molecule has 3 fully saturated rings. The molecule has 0 bridgehead atoms. The van der Waals surface area contributed by atoms with E-state index >= 15 is 0 Å². The largest absolute Gasteiger partial charge is 0.381 e. The summed E-state index contributed by atoms with van der Waals surface area (Å²) in [6.45, 7) is 4.87. The number of hydrogen-bond acceptors (Lipinski definition) is 5. The van der Waals surface area contributed by atoms with Crippen LogP contribution in [0.3, 0.4) is 0 Å². The zero-order chi connectivity index (χ0) is 20.8. The highest BCUT2D eigenvalue weighted by atomic mass is 32.2. The van der Waals surface area contributed by atoms with Crippen molar-refractivity contribution in [2.75, 3.05) is 57.4 Å². The van der Waals surface area contributed by atoms with Crippen molar-refractivity contribution in [3.8, 4) is 0 Å². The smallest absolute Gasteiger partial charge is 0.239 e. The molecule has 0 spiro atoms. The van der Waals surface area contributed by atoms with Crippen LogP contribution < -0.4 is 5.32 Å². The van der Waals surface area contributed by atoms with E-state index in [0.29, 0.717) is 13.1 Å². The van der Waals surface area contributed by atoms with Crippen molar-refractivity contribution in [3.05, 3.63) is 35.9 Å². The second kappa shape index (κ2) is 10.2. The molecule has 30 heavy (non-hydrogen) atoms. The Morgan fingerprint density at radius 1 is 1.10 bits per heavy atom. The lowest BCUT2D eigenvalue weighted by molar-refractivity contribution is -0.136. The van der Waals surface area contributed by atoms with Crippen LogP contribution in [0.5, 0.6) is 0 Å². The van der Waals surface area contributed by atoms with Crippen molar-refractivity contribution >= 4 is 23.6 Å². The summed E-state index contributed by atoms with van der Waals surface area (Å²) < 4.78 is 5.59. The van der Waals surface area contributed by atoms with E-state index < -0.39 is 0 Å². The van der Waals surface area contributed by atoms with Gasteiger partial charge in [-0.25, -0.2) is 0 Å². The molecule has 3 saturated heterocycles. The average Bonchev–Trinajstić information content (AvgIpc) is 3.27. The maximum atomic E-state index is 13.0. The maximum absolute atomic E-state index is 13.0. The zero-order valence-electron chi connectivity index (χ0n) is 17.7. The topological polar surface area (TPSA) is 61.9 Å². The van der Waals surface area contributed by atoms with Crippen molar-refractivity contribution < 1.29 is 14.3 Å². The van der Waals surface area contributed by atoms with Crippen molar-refractivity contribution in [1.29, 1.82) is 0 Å². The first-order valence-corrected chi connectivity index (χ1v) is 12.3. The monoisotopic (exact) mass is 431 g/mol. The Hall–Kier alpha value is -1.57. The first-order chi connectivity index (χ1) is 14.7. The molecule has 0 aliphatic carbocycles. The Kier molecular flexibility index (Phi) is 7.33. The van der Waals surface area contributed by atoms with Crippen molar-refractivity contribution in [2.45, 2.75) is 37.1 Å². The molecule has 3 aliphatic rings. The number of carbonyl (C=O) groups is 2. The Balaban J connectivity index is 1.34. The van der Waals surface area contributed by atoms with Gasteiger partial charge in [0, 0.05) is 49.8 Å². The predicted molar refractivity (Wildman–Crippen MR) is 120 cm³/mol. The number of thioether (sulfide) groups is 1. The van der Waals surface area contributed by atoms with E-state index in [1.807, 2.05) is 22.7 Å². The van der Waals surface area contributed by atoms with Crippen LogP contribution in [-0.4, -0.2) is 85.1 Å². The molecule has 4 rings (SSSR count). The number of nitrogens with zero attached hydrogens (tertiary/aromatic N) is 2. The van der Waals surface area contributed by atoms with Gasteiger partial charge in [-0.05, 0) is 37.8 Å². The molecular weight excluding hydrogens is 398 g/mol. The van der Waals surface area contributed by atoms with E-state index in [4.69, 9.17) is 4.74 Å². The fourth-order valence-electron chi connectivity index (χ4n) is 4.92. The molecule has 1 aromatic rings. The van der Waals surface area contributed by atoms with Crippen molar-refractivity contribution in [3.63, 3.8) is 0 Å². The quantitative estimate of drug-likeness (QED) is 0.745. The second-order valence-corrected chi connectivity index (χ2v) is 9.83. The van der Waals surface area contributed by atoms with E-state index in [9.17, 15) is 9.59 Å². The average molecular weight is 432 g/mol. The molecule has 0 radical (unpaired) electrons. The third kappa shape index (κ3) is 5.01. The molecule has 1 aromatic carbocycles. The second-order valence-electron chi connectivity index (χ2n) is 8.60. The third-order valence-electron chi connectivity index (χ3n) is 6.78. The molecular formula is C23H33N3O3S. The number of likely N-dealkylation sites (tertiary alicyclic amines) is 1. The summed E-state index contributed by atoms with van der Waals surface area (Å²) in [7, 11) is 0. The van der Waals surface area contributed by atoms with E-state index in [1.54, 1.807) is 0 Å². The van der Waals surface area contributed by atoms with Crippen LogP contribution in [0.1, 0.15) is 31.2 Å². The molecule has 0 saturated carbocycles. The van der Waals surface area contributed by atoms with Gasteiger partial charge in [0.15, 0.2) is 0 Å². The molecule has 3 heterocycles. The van der Waals surface area contributed by atoms with E-state index in [-0.39, 0.29) is 23.3 Å². The lowest BCUT2D eigenvalue weighted by Crippen LogP contribution is -2.51. The minimum Gasteiger partial charge on any atom is -0.381 e.